The van der Waals surface area contributed by atoms with Crippen LogP contribution < -0.4 is 4.90 Å². The molecule has 0 fully saturated rings. The lowest BCUT2D eigenvalue weighted by molar-refractivity contribution is 0.660. The Morgan fingerprint density at radius 1 is 0.556 bits per heavy atom. The topological polar surface area (TPSA) is 16.1 Å². The van der Waals surface area contributed by atoms with Gasteiger partial charge in [0.25, 0.3) is 0 Å². The molecule has 1 aliphatic rings. The van der Waals surface area contributed by atoms with Crippen molar-refractivity contribution >= 4 is 59.3 Å². The Kier molecular flexibility index (Phi) is 5.75. The standard InChI is InChI=1S/C42H30N2S/c1-42(2)38-11-7-6-10-33(38)35-24-31(17-20-39(35)42)44(30-15-12-28(13-16-30)27-8-4-3-5-9-27)32-18-21-40-36(25-32)34-19-14-29-22-23-43-26-37(29)41(34)45-40/h3-26H,1-2H3. The predicted molar refractivity (Wildman–Crippen MR) is 192 cm³/mol. The zero-order chi connectivity index (χ0) is 30.1. The summed E-state index contributed by atoms with van der Waals surface area (Å²) in [4.78, 5) is 6.85. The van der Waals surface area contributed by atoms with Gasteiger partial charge in [-0.25, -0.2) is 0 Å². The Balaban J connectivity index is 1.24. The number of hydrogen-bond acceptors (Lipinski definition) is 3. The second-order valence-corrected chi connectivity index (χ2v) is 13.5. The fourth-order valence-corrected chi connectivity index (χ4v) is 8.45. The minimum Gasteiger partial charge on any atom is -0.310 e. The molecular weight excluding hydrogens is 565 g/mol. The van der Waals surface area contributed by atoms with Gasteiger partial charge >= 0.3 is 0 Å². The molecule has 8 aromatic rings. The van der Waals surface area contributed by atoms with E-state index in [0.29, 0.717) is 0 Å². The van der Waals surface area contributed by atoms with Crippen LogP contribution in [0.5, 0.6) is 0 Å². The Morgan fingerprint density at radius 2 is 1.27 bits per heavy atom. The smallest absolute Gasteiger partial charge is 0.0468 e. The monoisotopic (exact) mass is 594 g/mol. The third-order valence-electron chi connectivity index (χ3n) is 9.56. The SMILES string of the molecule is CC1(C)c2ccccc2-c2cc(N(c3ccc(-c4ccccc4)cc3)c3ccc4sc5c6cnccc6ccc5c4c3)ccc21. The van der Waals surface area contributed by atoms with E-state index in [1.54, 1.807) is 0 Å². The number of hydrogen-bond donors (Lipinski definition) is 0. The van der Waals surface area contributed by atoms with Crippen molar-refractivity contribution in [2.45, 2.75) is 19.3 Å². The van der Waals surface area contributed by atoms with E-state index in [4.69, 9.17) is 0 Å². The Morgan fingerprint density at radius 3 is 2.13 bits per heavy atom. The molecule has 45 heavy (non-hydrogen) atoms. The summed E-state index contributed by atoms with van der Waals surface area (Å²) in [5.41, 5.74) is 11.3. The Bertz CT molecular complexity index is 2400. The Labute approximate surface area is 266 Å². The van der Waals surface area contributed by atoms with Crippen LogP contribution in [0.1, 0.15) is 25.0 Å². The van der Waals surface area contributed by atoms with Gasteiger partial charge in [0.2, 0.25) is 0 Å². The first-order valence-corrected chi connectivity index (χ1v) is 16.3. The van der Waals surface area contributed by atoms with Crippen LogP contribution >= 0.6 is 11.3 Å². The zero-order valence-electron chi connectivity index (χ0n) is 25.2. The number of nitrogens with zero attached hydrogens (tertiary/aromatic N) is 2. The molecule has 0 saturated heterocycles. The molecule has 6 aromatic carbocycles. The summed E-state index contributed by atoms with van der Waals surface area (Å²) in [5, 5.41) is 5.00. The maximum absolute atomic E-state index is 4.44. The lowest BCUT2D eigenvalue weighted by atomic mass is 9.82. The van der Waals surface area contributed by atoms with Crippen molar-refractivity contribution in [3.05, 3.63) is 157 Å². The summed E-state index contributed by atoms with van der Waals surface area (Å²) in [5.74, 6) is 0. The number of aromatic nitrogens is 1. The van der Waals surface area contributed by atoms with Crippen LogP contribution in [0.25, 0.3) is 53.2 Å². The van der Waals surface area contributed by atoms with Crippen LogP contribution in [0.3, 0.4) is 0 Å². The first kappa shape index (κ1) is 26.2. The molecular formula is C42H30N2S. The van der Waals surface area contributed by atoms with E-state index in [0.717, 1.165) is 17.1 Å². The van der Waals surface area contributed by atoms with Crippen LogP contribution in [-0.4, -0.2) is 4.98 Å². The van der Waals surface area contributed by atoms with Crippen molar-refractivity contribution in [1.82, 2.24) is 4.98 Å². The highest BCUT2D eigenvalue weighted by molar-refractivity contribution is 7.26. The molecule has 9 rings (SSSR count). The zero-order valence-corrected chi connectivity index (χ0v) is 26.0. The van der Waals surface area contributed by atoms with Gasteiger partial charge in [-0.05, 0) is 87.3 Å². The van der Waals surface area contributed by atoms with Gasteiger partial charge in [-0.2, -0.15) is 0 Å². The molecule has 0 aliphatic heterocycles. The molecule has 0 bridgehead atoms. The molecule has 0 radical (unpaired) electrons. The van der Waals surface area contributed by atoms with Gasteiger partial charge in [-0.3, -0.25) is 4.98 Å². The van der Waals surface area contributed by atoms with E-state index >= 15 is 0 Å². The normalized spacial score (nSPS) is 13.3. The van der Waals surface area contributed by atoms with Gasteiger partial charge in [0.15, 0.2) is 0 Å². The lowest BCUT2D eigenvalue weighted by Gasteiger charge is -2.27. The highest BCUT2D eigenvalue weighted by atomic mass is 32.1. The number of rotatable bonds is 4. The van der Waals surface area contributed by atoms with E-state index in [1.807, 2.05) is 23.7 Å². The molecule has 0 unspecified atom stereocenters. The van der Waals surface area contributed by atoms with Crippen LogP contribution in [0.2, 0.25) is 0 Å². The molecule has 2 nitrogen and oxygen atoms in total. The summed E-state index contributed by atoms with van der Waals surface area (Å²) in [7, 11) is 0. The van der Waals surface area contributed by atoms with Gasteiger partial charge in [-0.1, -0.05) is 98.8 Å². The van der Waals surface area contributed by atoms with Crippen LogP contribution in [0.15, 0.2) is 146 Å². The average molecular weight is 595 g/mol. The van der Waals surface area contributed by atoms with Gasteiger partial charge in [0.05, 0.1) is 0 Å². The maximum atomic E-state index is 4.44. The van der Waals surface area contributed by atoms with Crippen molar-refractivity contribution in [1.29, 1.82) is 0 Å². The van der Waals surface area contributed by atoms with Crippen LogP contribution in [-0.2, 0) is 5.41 Å². The minimum atomic E-state index is -0.0290. The highest BCUT2D eigenvalue weighted by Crippen LogP contribution is 2.51. The molecule has 0 atom stereocenters. The van der Waals surface area contributed by atoms with Gasteiger partial charge in [0.1, 0.15) is 0 Å². The quantitative estimate of drug-likeness (QED) is 0.201. The molecule has 0 saturated carbocycles. The van der Waals surface area contributed by atoms with E-state index in [9.17, 15) is 0 Å². The molecule has 0 spiro atoms. The molecule has 0 N–H and O–H groups in total. The summed E-state index contributed by atoms with van der Waals surface area (Å²) in [6, 6.07) is 49.0. The first-order valence-electron chi connectivity index (χ1n) is 15.5. The van der Waals surface area contributed by atoms with E-state index in [1.165, 1.54) is 64.3 Å². The molecule has 2 heterocycles. The number of pyridine rings is 1. The number of anilines is 3. The molecule has 1 aliphatic carbocycles. The average Bonchev–Trinajstić information content (AvgIpc) is 3.58. The predicted octanol–water partition coefficient (Wildman–Crippen LogP) is 12.0. The van der Waals surface area contributed by atoms with E-state index < -0.39 is 0 Å². The minimum absolute atomic E-state index is 0.0290. The third-order valence-corrected chi connectivity index (χ3v) is 10.8. The van der Waals surface area contributed by atoms with Crippen molar-refractivity contribution in [3.8, 4) is 22.3 Å². The molecule has 2 aromatic heterocycles. The second-order valence-electron chi connectivity index (χ2n) is 12.5. The van der Waals surface area contributed by atoms with Gasteiger partial charge in [-0.15, -0.1) is 11.3 Å². The first-order chi connectivity index (χ1) is 22.1. The summed E-state index contributed by atoms with van der Waals surface area (Å²) in [6.07, 6.45) is 3.87. The lowest BCUT2D eigenvalue weighted by Crippen LogP contribution is -2.15. The molecule has 0 amide bonds. The van der Waals surface area contributed by atoms with Crippen molar-refractivity contribution in [3.63, 3.8) is 0 Å². The molecule has 3 heteroatoms. The summed E-state index contributed by atoms with van der Waals surface area (Å²) in [6.45, 7) is 4.68. The highest BCUT2D eigenvalue weighted by Gasteiger charge is 2.35. The summed E-state index contributed by atoms with van der Waals surface area (Å²) < 4.78 is 2.58. The van der Waals surface area contributed by atoms with E-state index in [2.05, 4.69) is 157 Å². The second kappa shape index (κ2) is 9.88. The number of benzene rings is 6. The summed E-state index contributed by atoms with van der Waals surface area (Å²) >= 11 is 1.85. The fraction of sp³-hybridized carbons (Fsp3) is 0.0714. The molecule has 214 valence electrons. The van der Waals surface area contributed by atoms with Crippen molar-refractivity contribution in [2.75, 3.05) is 4.90 Å². The van der Waals surface area contributed by atoms with Crippen LogP contribution in [0.4, 0.5) is 17.1 Å². The maximum Gasteiger partial charge on any atom is 0.0468 e. The number of thiophene rings is 1. The fourth-order valence-electron chi connectivity index (χ4n) is 7.25. The van der Waals surface area contributed by atoms with Gasteiger partial charge < -0.3 is 4.90 Å². The van der Waals surface area contributed by atoms with Gasteiger partial charge in [0, 0.05) is 60.4 Å². The Hall–Kier alpha value is -5.25. The largest absolute Gasteiger partial charge is 0.310 e. The van der Waals surface area contributed by atoms with Crippen molar-refractivity contribution < 1.29 is 0 Å². The van der Waals surface area contributed by atoms with Crippen molar-refractivity contribution in [2.24, 2.45) is 0 Å². The van der Waals surface area contributed by atoms with Crippen LogP contribution in [0, 0.1) is 0 Å². The number of fused-ring (bicyclic) bond motifs is 8. The third kappa shape index (κ3) is 4.04. The van der Waals surface area contributed by atoms with E-state index in [-0.39, 0.29) is 5.41 Å².